The normalized spacial score (nSPS) is 18.5. The topological polar surface area (TPSA) is 67.9 Å². The van der Waals surface area contributed by atoms with Crippen molar-refractivity contribution < 1.29 is 18.8 Å². The Balaban J connectivity index is 2.13. The van der Waals surface area contributed by atoms with Crippen molar-refractivity contribution in [3.63, 3.8) is 0 Å². The number of carbonyl (C=O) groups excluding carboxylic acids is 2. The molecular formula is C15H30N2O4Si. The van der Waals surface area contributed by atoms with Crippen molar-refractivity contribution in [1.82, 2.24) is 10.2 Å². The highest BCUT2D eigenvalue weighted by molar-refractivity contribution is 6.26. The highest BCUT2D eigenvalue weighted by atomic mass is 28.2. The van der Waals surface area contributed by atoms with E-state index in [1.54, 1.807) is 12.0 Å². The van der Waals surface area contributed by atoms with Crippen molar-refractivity contribution >= 4 is 21.6 Å². The molecule has 1 aliphatic rings. The molecule has 0 aliphatic carbocycles. The van der Waals surface area contributed by atoms with Crippen molar-refractivity contribution in [3.8, 4) is 0 Å². The maximum Gasteiger partial charge on any atom is 0.311 e. The lowest BCUT2D eigenvalue weighted by atomic mass is 10.1. The van der Waals surface area contributed by atoms with E-state index in [2.05, 4.69) is 12.2 Å². The molecule has 6 nitrogen and oxygen atoms in total. The van der Waals surface area contributed by atoms with Crippen LogP contribution in [0.1, 0.15) is 32.6 Å². The molecule has 1 rings (SSSR count). The Morgan fingerprint density at radius 2 is 2.23 bits per heavy atom. The highest BCUT2D eigenvalue weighted by Crippen LogP contribution is 2.18. The van der Waals surface area contributed by atoms with Crippen LogP contribution < -0.4 is 5.32 Å². The summed E-state index contributed by atoms with van der Waals surface area (Å²) in [5, 5.41) is 3.33. The van der Waals surface area contributed by atoms with E-state index in [1.807, 2.05) is 0 Å². The summed E-state index contributed by atoms with van der Waals surface area (Å²) in [6.07, 6.45) is 3.30. The Hall–Kier alpha value is -0.923. The molecular weight excluding hydrogens is 300 g/mol. The minimum atomic E-state index is -0.317. The van der Waals surface area contributed by atoms with Gasteiger partial charge in [-0.1, -0.05) is 13.3 Å². The van der Waals surface area contributed by atoms with Gasteiger partial charge in [-0.05, 0) is 25.4 Å². The van der Waals surface area contributed by atoms with Crippen molar-refractivity contribution in [2.45, 2.75) is 38.7 Å². The Labute approximate surface area is 135 Å². The number of unbranched alkanes of at least 4 members (excludes halogenated alkanes) is 1. The maximum atomic E-state index is 11.9. The second kappa shape index (κ2) is 11.6. The number of esters is 1. The monoisotopic (exact) mass is 330 g/mol. The van der Waals surface area contributed by atoms with Crippen LogP contribution in [0.25, 0.3) is 0 Å². The molecule has 1 amide bonds. The van der Waals surface area contributed by atoms with Crippen LogP contribution in [0, 0.1) is 5.92 Å². The van der Waals surface area contributed by atoms with Crippen molar-refractivity contribution in [2.24, 2.45) is 5.92 Å². The van der Waals surface area contributed by atoms with Crippen LogP contribution >= 0.6 is 0 Å². The number of rotatable bonds is 12. The van der Waals surface area contributed by atoms with E-state index in [-0.39, 0.29) is 27.6 Å². The van der Waals surface area contributed by atoms with Gasteiger partial charge >= 0.3 is 5.97 Å². The zero-order chi connectivity index (χ0) is 16.2. The summed E-state index contributed by atoms with van der Waals surface area (Å²) in [4.78, 5) is 25.5. The maximum absolute atomic E-state index is 11.9. The Morgan fingerprint density at radius 3 is 2.95 bits per heavy atom. The van der Waals surface area contributed by atoms with Crippen LogP contribution in [0.15, 0.2) is 0 Å². The van der Waals surface area contributed by atoms with Crippen molar-refractivity contribution in [1.29, 1.82) is 0 Å². The molecule has 22 heavy (non-hydrogen) atoms. The molecule has 0 aromatic rings. The molecule has 1 N–H and O–H groups in total. The first-order chi connectivity index (χ1) is 10.7. The van der Waals surface area contributed by atoms with Crippen LogP contribution in [-0.4, -0.2) is 66.4 Å². The van der Waals surface area contributed by atoms with Gasteiger partial charge in [-0.2, -0.15) is 0 Å². The number of nitrogens with zero attached hydrogens (tertiary/aromatic N) is 1. The zero-order valence-electron chi connectivity index (χ0n) is 13.9. The SMILES string of the molecule is CCCCOC(=O)C1CC(=O)N(CCNCCC[SiH2]OC)C1. The number of carbonyl (C=O) groups is 2. The molecule has 1 saturated heterocycles. The largest absolute Gasteiger partial charge is 0.465 e. The number of hydrogen-bond acceptors (Lipinski definition) is 5. The minimum Gasteiger partial charge on any atom is -0.465 e. The molecule has 0 spiro atoms. The first kappa shape index (κ1) is 19.1. The van der Waals surface area contributed by atoms with E-state index in [1.165, 1.54) is 6.04 Å². The predicted molar refractivity (Wildman–Crippen MR) is 88.4 cm³/mol. The van der Waals surface area contributed by atoms with E-state index in [0.717, 1.165) is 32.4 Å². The standard InChI is InChI=1S/C15H30N2O4Si/c1-3-4-9-21-15(19)13-11-14(18)17(12-13)8-7-16-6-5-10-22-20-2/h13,16H,3-12,22H2,1-2H3. The molecule has 0 aromatic heterocycles. The Morgan fingerprint density at radius 1 is 1.41 bits per heavy atom. The molecule has 1 atom stereocenters. The average Bonchev–Trinajstić information content (AvgIpc) is 2.88. The summed E-state index contributed by atoms with van der Waals surface area (Å²) < 4.78 is 10.3. The molecule has 1 unspecified atom stereocenters. The fraction of sp³-hybridized carbons (Fsp3) is 0.867. The minimum absolute atomic E-state index is 0.0611. The second-order valence-electron chi connectivity index (χ2n) is 5.71. The van der Waals surface area contributed by atoms with E-state index in [4.69, 9.17) is 9.16 Å². The lowest BCUT2D eigenvalue weighted by Crippen LogP contribution is -2.34. The molecule has 1 heterocycles. The molecule has 0 radical (unpaired) electrons. The van der Waals surface area contributed by atoms with Gasteiger partial charge in [0.05, 0.1) is 12.5 Å². The Bertz CT molecular complexity index is 342. The average molecular weight is 331 g/mol. The van der Waals surface area contributed by atoms with Gasteiger partial charge in [-0.25, -0.2) is 0 Å². The van der Waals surface area contributed by atoms with E-state index >= 15 is 0 Å². The summed E-state index contributed by atoms with van der Waals surface area (Å²) in [7, 11) is 1.45. The lowest BCUT2D eigenvalue weighted by molar-refractivity contribution is -0.148. The van der Waals surface area contributed by atoms with Crippen LogP contribution in [0.5, 0.6) is 0 Å². The quantitative estimate of drug-likeness (QED) is 0.317. The summed E-state index contributed by atoms with van der Waals surface area (Å²) in [6, 6.07) is 1.18. The molecule has 1 aliphatic heterocycles. The fourth-order valence-electron chi connectivity index (χ4n) is 2.42. The molecule has 0 aromatic carbocycles. The summed E-state index contributed by atoms with van der Waals surface area (Å²) in [5.41, 5.74) is 0. The van der Waals surface area contributed by atoms with Gasteiger partial charge in [0.15, 0.2) is 9.76 Å². The third-order valence-electron chi connectivity index (χ3n) is 3.80. The molecule has 0 saturated carbocycles. The summed E-state index contributed by atoms with van der Waals surface area (Å²) >= 11 is 0. The molecule has 1 fully saturated rings. The zero-order valence-corrected chi connectivity index (χ0v) is 15.3. The van der Waals surface area contributed by atoms with Gasteiger partial charge in [-0.3, -0.25) is 9.59 Å². The smallest absolute Gasteiger partial charge is 0.311 e. The molecule has 0 bridgehead atoms. The van der Waals surface area contributed by atoms with Crippen molar-refractivity contribution in [3.05, 3.63) is 0 Å². The summed E-state index contributed by atoms with van der Waals surface area (Å²) in [6.45, 7) is 5.42. The number of likely N-dealkylation sites (tertiary alicyclic amines) is 1. The van der Waals surface area contributed by atoms with Gasteiger partial charge in [0.2, 0.25) is 5.91 Å². The van der Waals surface area contributed by atoms with Crippen LogP contribution in [0.2, 0.25) is 6.04 Å². The van der Waals surface area contributed by atoms with Gasteiger partial charge in [0, 0.05) is 33.2 Å². The fourth-order valence-corrected chi connectivity index (χ4v) is 3.16. The third kappa shape index (κ3) is 7.37. The Kier molecular flexibility index (Phi) is 10.1. The first-order valence-electron chi connectivity index (χ1n) is 8.33. The van der Waals surface area contributed by atoms with Crippen LogP contribution in [0.4, 0.5) is 0 Å². The van der Waals surface area contributed by atoms with E-state index in [9.17, 15) is 9.59 Å². The van der Waals surface area contributed by atoms with Gasteiger partial charge in [-0.15, -0.1) is 0 Å². The highest BCUT2D eigenvalue weighted by Gasteiger charge is 2.34. The number of amides is 1. The molecule has 128 valence electrons. The van der Waals surface area contributed by atoms with Crippen LogP contribution in [-0.2, 0) is 18.8 Å². The lowest BCUT2D eigenvalue weighted by Gasteiger charge is -2.16. The number of hydrogen-bond donors (Lipinski definition) is 1. The summed E-state index contributed by atoms with van der Waals surface area (Å²) in [5.74, 6) is -0.440. The number of nitrogens with one attached hydrogen (secondary N) is 1. The van der Waals surface area contributed by atoms with Gasteiger partial charge in [0.25, 0.3) is 0 Å². The number of ether oxygens (including phenoxy) is 1. The molecule has 7 heteroatoms. The van der Waals surface area contributed by atoms with E-state index in [0.29, 0.717) is 26.1 Å². The predicted octanol–water partition coefficient (Wildman–Crippen LogP) is 0.306. The van der Waals surface area contributed by atoms with Gasteiger partial charge < -0.3 is 19.4 Å². The van der Waals surface area contributed by atoms with Gasteiger partial charge in [0.1, 0.15) is 0 Å². The third-order valence-corrected chi connectivity index (χ3v) is 5.00. The first-order valence-corrected chi connectivity index (χ1v) is 9.90. The van der Waals surface area contributed by atoms with E-state index < -0.39 is 0 Å². The second-order valence-corrected chi connectivity index (χ2v) is 7.40. The van der Waals surface area contributed by atoms with Crippen LogP contribution in [0.3, 0.4) is 0 Å². The van der Waals surface area contributed by atoms with Crippen molar-refractivity contribution in [2.75, 3.05) is 39.9 Å².